The summed E-state index contributed by atoms with van der Waals surface area (Å²) in [5.74, 6) is 0.505. The van der Waals surface area contributed by atoms with Crippen LogP contribution in [0.1, 0.15) is 31.0 Å². The molecule has 4 N–H and O–H groups in total. The molecule has 82 valence electrons. The third-order valence-corrected chi connectivity index (χ3v) is 2.94. The molecule has 0 aliphatic heterocycles. The molecule has 4 heteroatoms. The average Bonchev–Trinajstić information content (AvgIpc) is 2.95. The molecular formula is C11H17N3O. The predicted molar refractivity (Wildman–Crippen MR) is 59.1 cm³/mol. The Labute approximate surface area is 89.5 Å². The smallest absolute Gasteiger partial charge is 0.123 e. The van der Waals surface area contributed by atoms with Gasteiger partial charge in [0, 0.05) is 17.6 Å². The molecule has 2 rings (SSSR count). The van der Waals surface area contributed by atoms with E-state index in [9.17, 15) is 0 Å². The van der Waals surface area contributed by atoms with Gasteiger partial charge in [-0.2, -0.15) is 0 Å². The Hall–Kier alpha value is -1.13. The maximum Gasteiger partial charge on any atom is 0.123 e. The highest BCUT2D eigenvalue weighted by Gasteiger charge is 2.36. The lowest BCUT2D eigenvalue weighted by molar-refractivity contribution is 0.279. The highest BCUT2D eigenvalue weighted by molar-refractivity contribution is 5.34. The highest BCUT2D eigenvalue weighted by Crippen LogP contribution is 2.34. The van der Waals surface area contributed by atoms with E-state index in [0.717, 1.165) is 11.3 Å². The van der Waals surface area contributed by atoms with Gasteiger partial charge in [-0.05, 0) is 25.8 Å². The Balaban J connectivity index is 2.08. The summed E-state index contributed by atoms with van der Waals surface area (Å²) in [6, 6.07) is 3.54. The van der Waals surface area contributed by atoms with E-state index in [1.165, 1.54) is 12.8 Å². The van der Waals surface area contributed by atoms with Crippen LogP contribution < -0.4 is 11.1 Å². The average molecular weight is 207 g/mol. The monoisotopic (exact) mass is 207 g/mol. The molecule has 0 radical (unpaired) electrons. The van der Waals surface area contributed by atoms with E-state index in [-0.39, 0.29) is 12.1 Å². The first kappa shape index (κ1) is 10.4. The van der Waals surface area contributed by atoms with E-state index in [1.807, 2.05) is 6.07 Å². The minimum Gasteiger partial charge on any atom is -0.392 e. The van der Waals surface area contributed by atoms with Crippen LogP contribution in [0.2, 0.25) is 0 Å². The van der Waals surface area contributed by atoms with Gasteiger partial charge in [0.05, 0.1) is 12.3 Å². The van der Waals surface area contributed by atoms with Gasteiger partial charge in [0.2, 0.25) is 0 Å². The second-order valence-corrected chi connectivity index (χ2v) is 4.41. The van der Waals surface area contributed by atoms with Crippen molar-refractivity contribution < 1.29 is 5.11 Å². The van der Waals surface area contributed by atoms with Crippen molar-refractivity contribution >= 4 is 5.82 Å². The number of rotatable bonds is 4. The normalized spacial score (nSPS) is 17.7. The van der Waals surface area contributed by atoms with Crippen molar-refractivity contribution in [1.29, 1.82) is 0 Å². The number of aromatic nitrogens is 1. The first-order valence-electron chi connectivity index (χ1n) is 5.23. The van der Waals surface area contributed by atoms with E-state index >= 15 is 0 Å². The van der Waals surface area contributed by atoms with E-state index in [4.69, 9.17) is 10.8 Å². The number of nitrogens with zero attached hydrogens (tertiary/aromatic N) is 1. The number of nitrogen functional groups attached to an aromatic ring is 1. The maximum absolute atomic E-state index is 9.15. The molecule has 0 bridgehead atoms. The van der Waals surface area contributed by atoms with Crippen molar-refractivity contribution in [2.45, 2.75) is 38.5 Å². The lowest BCUT2D eigenvalue weighted by Gasteiger charge is -2.13. The van der Waals surface area contributed by atoms with Crippen LogP contribution in [0.5, 0.6) is 0 Å². The highest BCUT2D eigenvalue weighted by atomic mass is 16.3. The van der Waals surface area contributed by atoms with Crippen molar-refractivity contribution in [3.63, 3.8) is 0 Å². The van der Waals surface area contributed by atoms with Gasteiger partial charge in [-0.1, -0.05) is 6.07 Å². The van der Waals surface area contributed by atoms with Gasteiger partial charge in [0.1, 0.15) is 5.82 Å². The molecule has 1 heterocycles. The second kappa shape index (κ2) is 3.79. The van der Waals surface area contributed by atoms with Crippen LogP contribution in [0.15, 0.2) is 12.1 Å². The first-order valence-corrected chi connectivity index (χ1v) is 5.23. The molecule has 0 aromatic carbocycles. The molecule has 1 saturated carbocycles. The number of nitrogens with one attached hydrogen (secondary N) is 1. The van der Waals surface area contributed by atoms with Crippen LogP contribution in [0.3, 0.4) is 0 Å². The lowest BCUT2D eigenvalue weighted by Crippen LogP contribution is -2.28. The van der Waals surface area contributed by atoms with Crippen molar-refractivity contribution in [2.75, 3.05) is 5.73 Å². The van der Waals surface area contributed by atoms with Crippen LogP contribution in [-0.2, 0) is 13.2 Å². The zero-order chi connectivity index (χ0) is 10.9. The van der Waals surface area contributed by atoms with Crippen LogP contribution in [0.4, 0.5) is 5.82 Å². The Morgan fingerprint density at radius 3 is 2.87 bits per heavy atom. The van der Waals surface area contributed by atoms with E-state index in [0.29, 0.717) is 12.4 Å². The molecule has 1 fully saturated rings. The minimum absolute atomic E-state index is 0.0149. The zero-order valence-corrected chi connectivity index (χ0v) is 8.95. The van der Waals surface area contributed by atoms with Crippen molar-refractivity contribution in [3.05, 3.63) is 23.4 Å². The van der Waals surface area contributed by atoms with Crippen molar-refractivity contribution in [2.24, 2.45) is 0 Å². The first-order chi connectivity index (χ1) is 7.13. The van der Waals surface area contributed by atoms with E-state index in [2.05, 4.69) is 17.2 Å². The molecule has 1 aromatic heterocycles. The fourth-order valence-corrected chi connectivity index (χ4v) is 1.51. The summed E-state index contributed by atoms with van der Waals surface area (Å²) in [4.78, 5) is 4.23. The molecule has 1 aliphatic rings. The fraction of sp³-hybridized carbons (Fsp3) is 0.545. The molecular weight excluding hydrogens is 190 g/mol. The molecule has 0 atom stereocenters. The molecule has 0 spiro atoms. The molecule has 0 saturated heterocycles. The number of aliphatic hydroxyl groups excluding tert-OH is 1. The van der Waals surface area contributed by atoms with Crippen LogP contribution in [0, 0.1) is 0 Å². The number of hydrogen-bond donors (Lipinski definition) is 3. The number of pyridine rings is 1. The predicted octanol–water partition coefficient (Wildman–Crippen LogP) is 0.798. The lowest BCUT2D eigenvalue weighted by atomic mass is 10.2. The third-order valence-electron chi connectivity index (χ3n) is 2.94. The maximum atomic E-state index is 9.15. The van der Waals surface area contributed by atoms with Crippen LogP contribution in [0.25, 0.3) is 0 Å². The Morgan fingerprint density at radius 2 is 2.27 bits per heavy atom. The number of nitrogens with two attached hydrogens (primary N) is 1. The summed E-state index contributed by atoms with van der Waals surface area (Å²) >= 11 is 0. The van der Waals surface area contributed by atoms with Crippen molar-refractivity contribution in [3.8, 4) is 0 Å². The van der Waals surface area contributed by atoms with Gasteiger partial charge in [-0.25, -0.2) is 4.98 Å². The van der Waals surface area contributed by atoms with Gasteiger partial charge >= 0.3 is 0 Å². The molecule has 0 unspecified atom stereocenters. The Kier molecular flexibility index (Phi) is 2.63. The quantitative estimate of drug-likeness (QED) is 0.683. The summed E-state index contributed by atoms with van der Waals surface area (Å²) in [5, 5.41) is 12.6. The van der Waals surface area contributed by atoms with Gasteiger partial charge in [-0.15, -0.1) is 0 Å². The van der Waals surface area contributed by atoms with Gasteiger partial charge < -0.3 is 16.2 Å². The minimum atomic E-state index is 0.0149. The third kappa shape index (κ3) is 2.46. The van der Waals surface area contributed by atoms with Crippen LogP contribution >= 0.6 is 0 Å². The standard InChI is InChI=1S/C11H17N3O/c1-11(4-5-11)13-6-9-8(7-15)2-3-10(12)14-9/h2-3,13,15H,4-7H2,1H3,(H2,12,14). The summed E-state index contributed by atoms with van der Waals surface area (Å²) in [7, 11) is 0. The van der Waals surface area contributed by atoms with Crippen LogP contribution in [-0.4, -0.2) is 15.6 Å². The largest absolute Gasteiger partial charge is 0.392 e. The zero-order valence-electron chi connectivity index (χ0n) is 8.95. The number of aliphatic hydroxyl groups is 1. The number of hydrogen-bond acceptors (Lipinski definition) is 4. The molecule has 0 amide bonds. The Bertz CT molecular complexity index is 361. The number of anilines is 1. The molecule has 15 heavy (non-hydrogen) atoms. The Morgan fingerprint density at radius 1 is 1.53 bits per heavy atom. The molecule has 1 aromatic rings. The van der Waals surface area contributed by atoms with E-state index < -0.39 is 0 Å². The summed E-state index contributed by atoms with van der Waals surface area (Å²) < 4.78 is 0. The SMILES string of the molecule is CC1(NCc2nc(N)ccc2CO)CC1. The van der Waals surface area contributed by atoms with Gasteiger partial charge in [0.15, 0.2) is 0 Å². The van der Waals surface area contributed by atoms with E-state index in [1.54, 1.807) is 6.07 Å². The van der Waals surface area contributed by atoms with Gasteiger partial charge in [0.25, 0.3) is 0 Å². The fourth-order valence-electron chi connectivity index (χ4n) is 1.51. The summed E-state index contributed by atoms with van der Waals surface area (Å²) in [6.07, 6.45) is 2.42. The second-order valence-electron chi connectivity index (χ2n) is 4.41. The molecule has 1 aliphatic carbocycles. The topological polar surface area (TPSA) is 71.2 Å². The molecule has 4 nitrogen and oxygen atoms in total. The van der Waals surface area contributed by atoms with Crippen molar-refractivity contribution in [1.82, 2.24) is 10.3 Å². The van der Waals surface area contributed by atoms with Gasteiger partial charge in [-0.3, -0.25) is 0 Å². The summed E-state index contributed by atoms with van der Waals surface area (Å²) in [6.45, 7) is 2.89. The summed E-state index contributed by atoms with van der Waals surface area (Å²) in [5.41, 5.74) is 7.59.